The second-order valence-corrected chi connectivity index (χ2v) is 10.6. The number of rotatable bonds is 11. The largest absolute Gasteiger partial charge is 0.495 e. The first-order valence-electron chi connectivity index (χ1n) is 11.2. The first kappa shape index (κ1) is 28.6. The number of hydrogen-bond donors (Lipinski definition) is 1. The van der Waals surface area contributed by atoms with E-state index in [0.29, 0.717) is 0 Å². The number of nitro groups is 1. The predicted octanol–water partition coefficient (Wildman–Crippen LogP) is 2.62. The Bertz CT molecular complexity index is 1210. The summed E-state index contributed by atoms with van der Waals surface area (Å²) in [5.41, 5.74) is 1.24. The van der Waals surface area contributed by atoms with E-state index in [9.17, 15) is 28.1 Å². The molecule has 2 aromatic rings. The number of amides is 2. The highest BCUT2D eigenvalue weighted by molar-refractivity contribution is 7.92. The molecule has 0 heterocycles. The maximum atomic E-state index is 13.6. The van der Waals surface area contributed by atoms with E-state index in [1.807, 2.05) is 31.2 Å². The zero-order chi connectivity index (χ0) is 27.2. The van der Waals surface area contributed by atoms with Crippen molar-refractivity contribution in [3.63, 3.8) is 0 Å². The molecule has 1 N–H and O–H groups in total. The van der Waals surface area contributed by atoms with E-state index in [-0.39, 0.29) is 29.7 Å². The first-order valence-corrected chi connectivity index (χ1v) is 13.0. The number of hydrogen-bond acceptors (Lipinski definition) is 7. The molecule has 0 aliphatic carbocycles. The maximum absolute atomic E-state index is 13.6. The topological polar surface area (TPSA) is 139 Å². The van der Waals surface area contributed by atoms with Gasteiger partial charge in [0.2, 0.25) is 21.8 Å². The normalized spacial score (nSPS) is 12.1. The summed E-state index contributed by atoms with van der Waals surface area (Å²) in [6.45, 7) is 6.41. The van der Waals surface area contributed by atoms with E-state index in [1.165, 1.54) is 24.1 Å². The van der Waals surface area contributed by atoms with Crippen molar-refractivity contribution >= 4 is 33.2 Å². The number of nitrogens with one attached hydrogen (secondary N) is 1. The van der Waals surface area contributed by atoms with E-state index in [4.69, 9.17) is 4.74 Å². The lowest BCUT2D eigenvalue weighted by atomic mass is 10.1. The Morgan fingerprint density at radius 1 is 1.11 bits per heavy atom. The van der Waals surface area contributed by atoms with Crippen LogP contribution in [0, 0.1) is 17.0 Å². The Kier molecular flexibility index (Phi) is 9.40. The highest BCUT2D eigenvalue weighted by Crippen LogP contribution is 2.33. The molecule has 0 spiro atoms. The summed E-state index contributed by atoms with van der Waals surface area (Å²) in [4.78, 5) is 38.3. The number of nitrogens with zero attached hydrogens (tertiary/aromatic N) is 3. The molecule has 2 amide bonds. The van der Waals surface area contributed by atoms with Gasteiger partial charge in [-0.2, -0.15) is 0 Å². The van der Waals surface area contributed by atoms with Crippen molar-refractivity contribution in [2.24, 2.45) is 0 Å². The fourth-order valence-corrected chi connectivity index (χ4v) is 4.30. The number of aryl methyl sites for hydroxylation is 1. The molecular formula is C24H32N4O7S. The minimum absolute atomic E-state index is 0.0366. The Balaban J connectivity index is 2.51. The summed E-state index contributed by atoms with van der Waals surface area (Å²) in [6.07, 6.45) is 0.887. The standard InChI is InChI=1S/C24H32N4O7S/c1-16(2)25-24(30)18(4)26(14-19-9-7-17(3)8-10-19)23(29)15-27(36(6,33)34)21-13-20(28(31)32)11-12-22(21)35-5/h7-13,16,18H,14-15H2,1-6H3,(H,25,30)/t18-/m1/s1. The molecule has 12 heteroatoms. The first-order chi connectivity index (χ1) is 16.7. The average Bonchev–Trinajstić information content (AvgIpc) is 2.79. The van der Waals surface area contributed by atoms with E-state index in [1.54, 1.807) is 20.8 Å². The summed E-state index contributed by atoms with van der Waals surface area (Å²) < 4.78 is 31.4. The van der Waals surface area contributed by atoms with E-state index in [0.717, 1.165) is 27.8 Å². The maximum Gasteiger partial charge on any atom is 0.271 e. The summed E-state index contributed by atoms with van der Waals surface area (Å²) >= 11 is 0. The Labute approximate surface area is 211 Å². The fourth-order valence-electron chi connectivity index (χ4n) is 3.46. The lowest BCUT2D eigenvalue weighted by molar-refractivity contribution is -0.384. The molecule has 11 nitrogen and oxygen atoms in total. The number of benzene rings is 2. The number of carbonyl (C=O) groups excluding carboxylic acids is 2. The molecule has 0 aliphatic heterocycles. The van der Waals surface area contributed by atoms with Gasteiger partial charge in [0.1, 0.15) is 24.0 Å². The lowest BCUT2D eigenvalue weighted by Gasteiger charge is -2.32. The second-order valence-electron chi connectivity index (χ2n) is 8.73. The quantitative estimate of drug-likeness (QED) is 0.355. The molecule has 1 atom stereocenters. The minimum atomic E-state index is -4.08. The van der Waals surface area contributed by atoms with Crippen LogP contribution in [0.1, 0.15) is 31.9 Å². The summed E-state index contributed by atoms with van der Waals surface area (Å²) in [6, 6.07) is 9.76. The van der Waals surface area contributed by atoms with E-state index in [2.05, 4.69) is 5.32 Å². The highest BCUT2D eigenvalue weighted by atomic mass is 32.2. The molecule has 196 valence electrons. The Morgan fingerprint density at radius 2 is 1.72 bits per heavy atom. The molecule has 0 fully saturated rings. The van der Waals surface area contributed by atoms with Gasteiger partial charge in [-0.1, -0.05) is 29.8 Å². The molecule has 2 rings (SSSR count). The molecule has 0 saturated heterocycles. The van der Waals surface area contributed by atoms with Gasteiger partial charge in [0.15, 0.2) is 0 Å². The molecule has 0 unspecified atom stereocenters. The van der Waals surface area contributed by atoms with Crippen molar-refractivity contribution in [1.82, 2.24) is 10.2 Å². The number of carbonyl (C=O) groups is 2. The van der Waals surface area contributed by atoms with Crippen molar-refractivity contribution < 1.29 is 27.7 Å². The van der Waals surface area contributed by atoms with Gasteiger partial charge in [0.25, 0.3) is 5.69 Å². The molecular weight excluding hydrogens is 488 g/mol. The van der Waals surface area contributed by atoms with Crippen molar-refractivity contribution in [2.75, 3.05) is 24.2 Å². The SMILES string of the molecule is COc1ccc([N+](=O)[O-])cc1N(CC(=O)N(Cc1ccc(C)cc1)[C@H](C)C(=O)NC(C)C)S(C)(=O)=O. The summed E-state index contributed by atoms with van der Waals surface area (Å²) in [7, 11) is -2.80. The lowest BCUT2D eigenvalue weighted by Crippen LogP contribution is -2.52. The van der Waals surface area contributed by atoms with Gasteiger partial charge in [-0.25, -0.2) is 8.42 Å². The molecule has 0 saturated carbocycles. The van der Waals surface area contributed by atoms with Crippen LogP contribution in [-0.4, -0.2) is 62.0 Å². The van der Waals surface area contributed by atoms with Crippen LogP contribution >= 0.6 is 0 Å². The molecule has 0 bridgehead atoms. The van der Waals surface area contributed by atoms with Crippen molar-refractivity contribution in [3.8, 4) is 5.75 Å². The van der Waals surface area contributed by atoms with Gasteiger partial charge in [0, 0.05) is 24.7 Å². The monoisotopic (exact) mass is 520 g/mol. The van der Waals surface area contributed by atoms with E-state index < -0.39 is 39.3 Å². The molecule has 0 aromatic heterocycles. The molecule has 0 aliphatic rings. The van der Waals surface area contributed by atoms with Crippen LogP contribution in [-0.2, 0) is 26.2 Å². The highest BCUT2D eigenvalue weighted by Gasteiger charge is 2.32. The van der Waals surface area contributed by atoms with Gasteiger partial charge in [-0.15, -0.1) is 0 Å². The number of sulfonamides is 1. The van der Waals surface area contributed by atoms with Gasteiger partial charge < -0.3 is 15.0 Å². The van der Waals surface area contributed by atoms with Crippen molar-refractivity contribution in [1.29, 1.82) is 0 Å². The Morgan fingerprint density at radius 3 is 2.22 bits per heavy atom. The average molecular weight is 521 g/mol. The van der Waals surface area contributed by atoms with Crippen molar-refractivity contribution in [2.45, 2.75) is 46.3 Å². The zero-order valence-electron chi connectivity index (χ0n) is 21.2. The Hall–Kier alpha value is -3.67. The molecule has 0 radical (unpaired) electrons. The summed E-state index contributed by atoms with van der Waals surface area (Å²) in [5.74, 6) is -1.03. The van der Waals surface area contributed by atoms with Crippen LogP contribution in [0.15, 0.2) is 42.5 Å². The molecule has 2 aromatic carbocycles. The van der Waals surface area contributed by atoms with Crippen LogP contribution in [0.5, 0.6) is 5.75 Å². The number of ether oxygens (including phenoxy) is 1. The number of methoxy groups -OCH3 is 1. The van der Waals surface area contributed by atoms with Gasteiger partial charge >= 0.3 is 0 Å². The van der Waals surface area contributed by atoms with Crippen LogP contribution in [0.4, 0.5) is 11.4 Å². The van der Waals surface area contributed by atoms with Crippen LogP contribution in [0.25, 0.3) is 0 Å². The van der Waals surface area contributed by atoms with Crippen molar-refractivity contribution in [3.05, 3.63) is 63.7 Å². The smallest absolute Gasteiger partial charge is 0.271 e. The van der Waals surface area contributed by atoms with Gasteiger partial charge in [-0.05, 0) is 39.3 Å². The number of non-ortho nitro benzene ring substituents is 1. The number of anilines is 1. The number of nitro benzene ring substituents is 1. The third-order valence-corrected chi connectivity index (χ3v) is 6.52. The fraction of sp³-hybridized carbons (Fsp3) is 0.417. The summed E-state index contributed by atoms with van der Waals surface area (Å²) in [5, 5.41) is 14.1. The third-order valence-electron chi connectivity index (χ3n) is 5.39. The predicted molar refractivity (Wildman–Crippen MR) is 136 cm³/mol. The van der Waals surface area contributed by atoms with Gasteiger partial charge in [0.05, 0.1) is 18.3 Å². The van der Waals surface area contributed by atoms with Gasteiger partial charge in [-0.3, -0.25) is 24.0 Å². The third kappa shape index (κ3) is 7.41. The van der Waals surface area contributed by atoms with Crippen LogP contribution in [0.3, 0.4) is 0 Å². The second kappa shape index (κ2) is 11.8. The van der Waals surface area contributed by atoms with Crippen LogP contribution in [0.2, 0.25) is 0 Å². The molecule has 36 heavy (non-hydrogen) atoms. The minimum Gasteiger partial charge on any atom is -0.495 e. The van der Waals surface area contributed by atoms with Crippen LogP contribution < -0.4 is 14.4 Å². The van der Waals surface area contributed by atoms with E-state index >= 15 is 0 Å². The zero-order valence-corrected chi connectivity index (χ0v) is 22.0.